The Labute approximate surface area is 104 Å². The molecule has 2 rings (SSSR count). The maximum absolute atomic E-state index is 10.3. The molecule has 1 atom stereocenters. The smallest absolute Gasteiger partial charge is 0.0609 e. The number of aliphatic hydroxyl groups is 1. The normalized spacial score (nSPS) is 19.2. The maximum atomic E-state index is 10.3. The van der Waals surface area contributed by atoms with Gasteiger partial charge in [0.1, 0.15) is 0 Å². The summed E-state index contributed by atoms with van der Waals surface area (Å²) < 4.78 is 0. The van der Waals surface area contributed by atoms with Gasteiger partial charge in [-0.25, -0.2) is 0 Å². The minimum atomic E-state index is -0.182. The molecule has 1 unspecified atom stereocenters. The van der Waals surface area contributed by atoms with Crippen molar-refractivity contribution >= 4 is 0 Å². The van der Waals surface area contributed by atoms with Crippen molar-refractivity contribution in [3.63, 3.8) is 0 Å². The molecule has 1 aromatic rings. The van der Waals surface area contributed by atoms with E-state index >= 15 is 0 Å². The van der Waals surface area contributed by atoms with Gasteiger partial charge in [-0.1, -0.05) is 23.8 Å². The van der Waals surface area contributed by atoms with Gasteiger partial charge in [-0.2, -0.15) is 0 Å². The molecule has 2 nitrogen and oxygen atoms in total. The molecule has 0 spiro atoms. The molecule has 0 bridgehead atoms. The summed E-state index contributed by atoms with van der Waals surface area (Å²) in [6, 6.07) is 6.50. The third kappa shape index (κ3) is 3.30. The van der Waals surface area contributed by atoms with Crippen molar-refractivity contribution in [2.75, 3.05) is 13.1 Å². The topological polar surface area (TPSA) is 32.3 Å². The van der Waals surface area contributed by atoms with Gasteiger partial charge in [-0.15, -0.1) is 0 Å². The largest absolute Gasteiger partial charge is 0.392 e. The summed E-state index contributed by atoms with van der Waals surface area (Å²) in [5.74, 6) is 0.469. The number of benzene rings is 1. The third-order valence-electron chi connectivity index (χ3n) is 3.86. The summed E-state index contributed by atoms with van der Waals surface area (Å²) in [4.78, 5) is 0. The number of nitrogens with one attached hydrogen (secondary N) is 1. The van der Waals surface area contributed by atoms with Crippen LogP contribution in [-0.4, -0.2) is 24.3 Å². The molecule has 1 fully saturated rings. The fraction of sp³-hybridized carbons (Fsp3) is 0.600. The molecule has 17 heavy (non-hydrogen) atoms. The van der Waals surface area contributed by atoms with Crippen molar-refractivity contribution in [2.45, 2.75) is 39.2 Å². The van der Waals surface area contributed by atoms with Crippen LogP contribution in [0.3, 0.4) is 0 Å². The predicted molar refractivity (Wildman–Crippen MR) is 71.2 cm³/mol. The zero-order chi connectivity index (χ0) is 12.3. The highest BCUT2D eigenvalue weighted by atomic mass is 16.3. The number of hydrogen-bond acceptors (Lipinski definition) is 2. The average molecular weight is 233 g/mol. The first-order valence-electron chi connectivity index (χ1n) is 6.61. The number of aliphatic hydroxyl groups excluding tert-OH is 1. The Bertz CT molecular complexity index is 369. The lowest BCUT2D eigenvalue weighted by molar-refractivity contribution is 0.0889. The highest BCUT2D eigenvalue weighted by Gasteiger charge is 2.21. The number of aryl methyl sites for hydroxylation is 2. The summed E-state index contributed by atoms with van der Waals surface area (Å²) in [6.45, 7) is 6.35. The fourth-order valence-corrected chi connectivity index (χ4v) is 2.70. The summed E-state index contributed by atoms with van der Waals surface area (Å²) in [6.07, 6.45) is 2.83. The van der Waals surface area contributed by atoms with E-state index < -0.39 is 0 Å². The molecule has 1 heterocycles. The van der Waals surface area contributed by atoms with Gasteiger partial charge in [0.15, 0.2) is 0 Å². The van der Waals surface area contributed by atoms with Crippen LogP contribution in [0.2, 0.25) is 0 Å². The lowest BCUT2D eigenvalue weighted by atomic mass is 9.87. The van der Waals surface area contributed by atoms with Crippen LogP contribution in [0.15, 0.2) is 18.2 Å². The molecule has 0 aliphatic carbocycles. The second kappa shape index (κ2) is 5.65. The molecule has 2 N–H and O–H groups in total. The number of rotatable bonds is 3. The van der Waals surface area contributed by atoms with Gasteiger partial charge < -0.3 is 10.4 Å². The van der Waals surface area contributed by atoms with Crippen LogP contribution in [0.4, 0.5) is 0 Å². The van der Waals surface area contributed by atoms with Crippen molar-refractivity contribution in [2.24, 2.45) is 5.92 Å². The second-order valence-electron chi connectivity index (χ2n) is 5.29. The monoisotopic (exact) mass is 233 g/mol. The fourth-order valence-electron chi connectivity index (χ4n) is 2.70. The minimum Gasteiger partial charge on any atom is -0.392 e. The molecular formula is C15H23NO. The van der Waals surface area contributed by atoms with Crippen LogP contribution >= 0.6 is 0 Å². The first-order valence-corrected chi connectivity index (χ1v) is 6.61. The molecule has 94 valence electrons. The SMILES string of the molecule is Cc1ccc(CC(O)C2CCNCC2)c(C)c1. The van der Waals surface area contributed by atoms with Gasteiger partial charge in [-0.3, -0.25) is 0 Å². The van der Waals surface area contributed by atoms with Crippen LogP contribution in [0.25, 0.3) is 0 Å². The van der Waals surface area contributed by atoms with E-state index in [0.29, 0.717) is 5.92 Å². The number of piperidine rings is 1. The van der Waals surface area contributed by atoms with Gasteiger partial charge >= 0.3 is 0 Å². The van der Waals surface area contributed by atoms with E-state index in [1.165, 1.54) is 16.7 Å². The molecule has 0 amide bonds. The first-order chi connectivity index (χ1) is 8.16. The lowest BCUT2D eigenvalue weighted by Gasteiger charge is -2.27. The Hall–Kier alpha value is -0.860. The maximum Gasteiger partial charge on any atom is 0.0609 e. The molecule has 1 aliphatic rings. The van der Waals surface area contributed by atoms with E-state index in [1.807, 2.05) is 0 Å². The Kier molecular flexibility index (Phi) is 4.19. The molecule has 0 radical (unpaired) electrons. The van der Waals surface area contributed by atoms with Crippen molar-refractivity contribution in [3.8, 4) is 0 Å². The van der Waals surface area contributed by atoms with Crippen molar-refractivity contribution in [1.82, 2.24) is 5.32 Å². The molecule has 2 heteroatoms. The highest BCUT2D eigenvalue weighted by molar-refractivity contribution is 5.30. The van der Waals surface area contributed by atoms with Gasteiger partial charge in [0.25, 0.3) is 0 Å². The third-order valence-corrected chi connectivity index (χ3v) is 3.86. The summed E-state index contributed by atoms with van der Waals surface area (Å²) >= 11 is 0. The molecule has 0 aromatic heterocycles. The van der Waals surface area contributed by atoms with E-state index in [9.17, 15) is 5.11 Å². The van der Waals surface area contributed by atoms with Gasteiger partial charge in [-0.05, 0) is 63.2 Å². The van der Waals surface area contributed by atoms with Crippen molar-refractivity contribution in [1.29, 1.82) is 0 Å². The van der Waals surface area contributed by atoms with Crippen LogP contribution in [-0.2, 0) is 6.42 Å². The van der Waals surface area contributed by atoms with E-state index in [4.69, 9.17) is 0 Å². The zero-order valence-electron chi connectivity index (χ0n) is 10.9. The Morgan fingerprint density at radius 1 is 1.29 bits per heavy atom. The van der Waals surface area contributed by atoms with Crippen LogP contribution in [0, 0.1) is 19.8 Å². The quantitative estimate of drug-likeness (QED) is 0.839. The second-order valence-corrected chi connectivity index (χ2v) is 5.29. The zero-order valence-corrected chi connectivity index (χ0v) is 10.9. The molecular weight excluding hydrogens is 210 g/mol. The minimum absolute atomic E-state index is 0.182. The Morgan fingerprint density at radius 3 is 2.65 bits per heavy atom. The van der Waals surface area contributed by atoms with Crippen LogP contribution in [0.1, 0.15) is 29.5 Å². The lowest BCUT2D eigenvalue weighted by Crippen LogP contribution is -2.35. The Morgan fingerprint density at radius 2 is 2.00 bits per heavy atom. The average Bonchev–Trinajstić information content (AvgIpc) is 2.34. The predicted octanol–water partition coefficient (Wildman–Crippen LogP) is 2.21. The van der Waals surface area contributed by atoms with E-state index in [1.54, 1.807) is 0 Å². The van der Waals surface area contributed by atoms with Gasteiger partial charge in [0.2, 0.25) is 0 Å². The van der Waals surface area contributed by atoms with E-state index in [2.05, 4.69) is 37.4 Å². The Balaban J connectivity index is 1.99. The first kappa shape index (κ1) is 12.6. The standard InChI is InChI=1S/C15H23NO/c1-11-3-4-14(12(2)9-11)10-15(17)13-5-7-16-8-6-13/h3-4,9,13,15-17H,5-8,10H2,1-2H3. The van der Waals surface area contributed by atoms with Crippen LogP contribution < -0.4 is 5.32 Å². The van der Waals surface area contributed by atoms with E-state index in [0.717, 1.165) is 32.4 Å². The van der Waals surface area contributed by atoms with Crippen molar-refractivity contribution in [3.05, 3.63) is 34.9 Å². The molecule has 1 saturated heterocycles. The van der Waals surface area contributed by atoms with E-state index in [-0.39, 0.29) is 6.10 Å². The summed E-state index contributed by atoms with van der Waals surface area (Å²) in [7, 11) is 0. The molecule has 0 saturated carbocycles. The van der Waals surface area contributed by atoms with Crippen LogP contribution in [0.5, 0.6) is 0 Å². The summed E-state index contributed by atoms with van der Waals surface area (Å²) in [5.41, 5.74) is 3.89. The van der Waals surface area contributed by atoms with Gasteiger partial charge in [0.05, 0.1) is 6.10 Å². The molecule has 1 aliphatic heterocycles. The summed E-state index contributed by atoms with van der Waals surface area (Å²) in [5, 5.41) is 13.6. The number of hydrogen-bond donors (Lipinski definition) is 2. The molecule has 1 aromatic carbocycles. The highest BCUT2D eigenvalue weighted by Crippen LogP contribution is 2.21. The van der Waals surface area contributed by atoms with Crippen molar-refractivity contribution < 1.29 is 5.11 Å². The van der Waals surface area contributed by atoms with Gasteiger partial charge in [0, 0.05) is 0 Å².